The summed E-state index contributed by atoms with van der Waals surface area (Å²) in [5.41, 5.74) is 0.159. The van der Waals surface area contributed by atoms with E-state index in [1.165, 1.54) is 0 Å². The Morgan fingerprint density at radius 1 is 1.28 bits per heavy atom. The lowest BCUT2D eigenvalue weighted by Gasteiger charge is -2.42. The van der Waals surface area contributed by atoms with Gasteiger partial charge in [0.05, 0.1) is 11.5 Å². The van der Waals surface area contributed by atoms with Crippen molar-refractivity contribution >= 4 is 11.9 Å². The molecule has 4 fully saturated rings. The number of allylic oxidation sites excluding steroid dienone is 1. The standard InChI is InChI=1S/C28H31NO7/c1-14-11-27-12-28(14,33)7-5-17(27)16-10-20-23(30)26(2,25(32)36-20)21(16)22(27)24(31)29-8-6-15-3-4-18-19(9-15)35-13-34-18/h3-4,9-10,17,20-23,30,33H,1,5-8,11-13H2,2H3,(H,29,31)/t17-,20+,21?,22+,23-,26-,27-,28-/m0/s1. The number of carbonyl (C=O) groups excluding carboxylic acids is 2. The summed E-state index contributed by atoms with van der Waals surface area (Å²) in [6.07, 6.45) is 3.18. The third kappa shape index (κ3) is 2.66. The third-order valence-corrected chi connectivity index (χ3v) is 10.1. The number of esters is 1. The monoisotopic (exact) mass is 493 g/mol. The highest BCUT2D eigenvalue weighted by Crippen LogP contribution is 2.74. The quantitative estimate of drug-likeness (QED) is 0.434. The number of fused-ring (bicyclic) bond motifs is 7. The second-order valence-electron chi connectivity index (χ2n) is 11.8. The molecule has 36 heavy (non-hydrogen) atoms. The molecule has 0 radical (unpaired) electrons. The number of ether oxygens (including phenoxy) is 3. The number of hydrogen-bond donors (Lipinski definition) is 3. The smallest absolute Gasteiger partial charge is 0.315 e. The maximum absolute atomic E-state index is 14.0. The summed E-state index contributed by atoms with van der Waals surface area (Å²) in [5.74, 6) is -0.150. The first-order chi connectivity index (χ1) is 17.2. The molecule has 1 spiro atoms. The molecule has 7 rings (SSSR count). The van der Waals surface area contributed by atoms with Gasteiger partial charge in [-0.2, -0.15) is 0 Å². The maximum Gasteiger partial charge on any atom is 0.315 e. The lowest BCUT2D eigenvalue weighted by molar-refractivity contribution is -0.151. The first kappa shape index (κ1) is 22.4. The van der Waals surface area contributed by atoms with Crippen molar-refractivity contribution in [3.63, 3.8) is 0 Å². The number of carbonyl (C=O) groups is 2. The predicted octanol–water partition coefficient (Wildman–Crippen LogP) is 2.03. The average Bonchev–Trinajstić information content (AvgIpc) is 3.50. The summed E-state index contributed by atoms with van der Waals surface area (Å²) in [6.45, 7) is 6.57. The van der Waals surface area contributed by atoms with Gasteiger partial charge in [-0.05, 0) is 79.7 Å². The Bertz CT molecular complexity index is 1240. The van der Waals surface area contributed by atoms with Crippen LogP contribution in [0.3, 0.4) is 0 Å². The molecule has 3 saturated carbocycles. The summed E-state index contributed by atoms with van der Waals surface area (Å²) >= 11 is 0. The molecule has 1 unspecified atom stereocenters. The van der Waals surface area contributed by atoms with Crippen LogP contribution in [0.1, 0.15) is 38.2 Å². The van der Waals surface area contributed by atoms with Crippen LogP contribution in [-0.2, 0) is 20.7 Å². The van der Waals surface area contributed by atoms with Crippen LogP contribution in [0.25, 0.3) is 0 Å². The van der Waals surface area contributed by atoms with E-state index < -0.39 is 46.4 Å². The fourth-order valence-electron chi connectivity index (χ4n) is 8.42. The van der Waals surface area contributed by atoms with Crippen molar-refractivity contribution in [1.29, 1.82) is 0 Å². The molecular formula is C28H31NO7. The van der Waals surface area contributed by atoms with Gasteiger partial charge in [0.25, 0.3) is 0 Å². The fourth-order valence-corrected chi connectivity index (χ4v) is 8.42. The summed E-state index contributed by atoms with van der Waals surface area (Å²) < 4.78 is 16.4. The Morgan fingerprint density at radius 3 is 2.92 bits per heavy atom. The molecule has 3 N–H and O–H groups in total. The molecule has 6 aliphatic rings. The van der Waals surface area contributed by atoms with Crippen molar-refractivity contribution < 1.29 is 34.0 Å². The van der Waals surface area contributed by atoms with E-state index in [9.17, 15) is 19.8 Å². The van der Waals surface area contributed by atoms with Gasteiger partial charge in [0.1, 0.15) is 17.6 Å². The van der Waals surface area contributed by atoms with Crippen LogP contribution < -0.4 is 14.8 Å². The van der Waals surface area contributed by atoms with E-state index in [0.717, 1.165) is 28.9 Å². The molecule has 2 aliphatic heterocycles. The van der Waals surface area contributed by atoms with Gasteiger partial charge >= 0.3 is 5.97 Å². The van der Waals surface area contributed by atoms with Gasteiger partial charge < -0.3 is 29.7 Å². The van der Waals surface area contributed by atoms with Crippen molar-refractivity contribution in [3.05, 3.63) is 47.6 Å². The first-order valence-corrected chi connectivity index (χ1v) is 12.8. The Labute approximate surface area is 209 Å². The van der Waals surface area contributed by atoms with E-state index in [2.05, 4.69) is 11.9 Å². The van der Waals surface area contributed by atoms with Crippen LogP contribution in [0.2, 0.25) is 0 Å². The molecule has 1 saturated heterocycles. The van der Waals surface area contributed by atoms with Gasteiger partial charge in [-0.1, -0.05) is 18.2 Å². The summed E-state index contributed by atoms with van der Waals surface area (Å²) in [5, 5.41) is 25.6. The molecule has 0 aromatic heterocycles. The van der Waals surface area contributed by atoms with Crippen LogP contribution in [0.4, 0.5) is 0 Å². The minimum Gasteiger partial charge on any atom is -0.455 e. The number of nitrogens with one attached hydrogen (secondary N) is 1. The van der Waals surface area contributed by atoms with Crippen LogP contribution >= 0.6 is 0 Å². The third-order valence-electron chi connectivity index (χ3n) is 10.1. The van der Waals surface area contributed by atoms with Crippen molar-refractivity contribution in [3.8, 4) is 11.5 Å². The molecule has 1 amide bonds. The number of benzene rings is 1. The van der Waals surface area contributed by atoms with E-state index in [0.29, 0.717) is 38.0 Å². The molecule has 1 aromatic carbocycles. The van der Waals surface area contributed by atoms with Gasteiger partial charge in [-0.15, -0.1) is 0 Å². The predicted molar refractivity (Wildman–Crippen MR) is 127 cm³/mol. The van der Waals surface area contributed by atoms with E-state index in [-0.39, 0.29) is 18.6 Å². The molecule has 4 aliphatic carbocycles. The van der Waals surface area contributed by atoms with Crippen molar-refractivity contribution in [1.82, 2.24) is 5.32 Å². The maximum atomic E-state index is 14.0. The molecule has 2 heterocycles. The molecule has 4 bridgehead atoms. The van der Waals surface area contributed by atoms with Gasteiger partial charge in [0, 0.05) is 12.5 Å². The van der Waals surface area contributed by atoms with Crippen molar-refractivity contribution in [2.24, 2.45) is 28.6 Å². The van der Waals surface area contributed by atoms with Gasteiger partial charge in [-0.3, -0.25) is 9.59 Å². The van der Waals surface area contributed by atoms with E-state index in [1.807, 2.05) is 24.3 Å². The Kier molecular flexibility index (Phi) is 4.43. The largest absolute Gasteiger partial charge is 0.455 e. The molecule has 8 heteroatoms. The average molecular weight is 494 g/mol. The lowest BCUT2D eigenvalue weighted by atomic mass is 9.60. The topological polar surface area (TPSA) is 114 Å². The normalized spacial score (nSPS) is 43.1. The second-order valence-corrected chi connectivity index (χ2v) is 11.8. The highest BCUT2D eigenvalue weighted by atomic mass is 16.7. The zero-order valence-corrected chi connectivity index (χ0v) is 20.3. The van der Waals surface area contributed by atoms with E-state index in [4.69, 9.17) is 14.2 Å². The second kappa shape index (κ2) is 7.13. The number of amides is 1. The van der Waals surface area contributed by atoms with Gasteiger partial charge in [-0.25, -0.2) is 0 Å². The molecule has 190 valence electrons. The molecule has 8 nitrogen and oxygen atoms in total. The zero-order chi connectivity index (χ0) is 25.0. The molecule has 1 aromatic rings. The van der Waals surface area contributed by atoms with Crippen LogP contribution in [0.5, 0.6) is 11.5 Å². The summed E-state index contributed by atoms with van der Waals surface area (Å²) in [6, 6.07) is 5.76. The number of aliphatic hydroxyl groups is 2. The Hall–Kier alpha value is -2.84. The highest BCUT2D eigenvalue weighted by molar-refractivity contribution is 5.87. The van der Waals surface area contributed by atoms with Gasteiger partial charge in [0.15, 0.2) is 11.5 Å². The number of hydrogen-bond acceptors (Lipinski definition) is 7. The summed E-state index contributed by atoms with van der Waals surface area (Å²) in [4.78, 5) is 27.1. The van der Waals surface area contributed by atoms with Crippen molar-refractivity contribution in [2.75, 3.05) is 13.3 Å². The fraction of sp³-hybridized carbons (Fsp3) is 0.571. The minimum atomic E-state index is -1.19. The zero-order valence-electron chi connectivity index (χ0n) is 20.3. The molecule has 8 atom stereocenters. The minimum absolute atomic E-state index is 0.0514. The Balaban J connectivity index is 1.21. The summed E-state index contributed by atoms with van der Waals surface area (Å²) in [7, 11) is 0. The lowest BCUT2D eigenvalue weighted by Crippen LogP contribution is -2.52. The Morgan fingerprint density at radius 2 is 2.08 bits per heavy atom. The SMILES string of the molecule is C=C1C[C@]23C[C@@]1(O)CC[C@H]2C1=C[C@H]2OC(=O)[C@@](C)(C1[C@@H]3C(=O)NCCc1ccc3c(c1)OCO3)[C@H]2O. The van der Waals surface area contributed by atoms with E-state index >= 15 is 0 Å². The van der Waals surface area contributed by atoms with Crippen LogP contribution in [-0.4, -0.2) is 53.2 Å². The van der Waals surface area contributed by atoms with Crippen molar-refractivity contribution in [2.45, 2.75) is 56.8 Å². The molecular weight excluding hydrogens is 462 g/mol. The van der Waals surface area contributed by atoms with E-state index in [1.54, 1.807) is 6.92 Å². The van der Waals surface area contributed by atoms with Crippen LogP contribution in [0, 0.1) is 28.6 Å². The van der Waals surface area contributed by atoms with Crippen LogP contribution in [0.15, 0.2) is 42.0 Å². The van der Waals surface area contributed by atoms with Gasteiger partial charge in [0.2, 0.25) is 12.7 Å². The number of rotatable bonds is 4. The number of aliphatic hydroxyl groups excluding tert-OH is 1. The first-order valence-electron chi connectivity index (χ1n) is 12.8. The highest BCUT2D eigenvalue weighted by Gasteiger charge is 2.75.